The van der Waals surface area contributed by atoms with Gasteiger partial charge in [-0.3, -0.25) is 0 Å². The molecule has 2 aromatic rings. The lowest BCUT2D eigenvalue weighted by Crippen LogP contribution is -1.85. The van der Waals surface area contributed by atoms with E-state index in [-0.39, 0.29) is 0 Å². The normalized spacial score (nSPS) is 10.3. The molecule has 0 aliphatic carbocycles. The molecule has 0 saturated heterocycles. The maximum absolute atomic E-state index is 5.74. The molecule has 0 fully saturated rings. The van der Waals surface area contributed by atoms with Crippen LogP contribution in [0.4, 0.5) is 5.69 Å². The van der Waals surface area contributed by atoms with Gasteiger partial charge in [0.2, 0.25) is 0 Å². The molecule has 1 nitrogen and oxygen atoms in total. The second kappa shape index (κ2) is 5.08. The molecule has 82 valence electrons. The first-order chi connectivity index (χ1) is 7.74. The van der Waals surface area contributed by atoms with Gasteiger partial charge in [0.15, 0.2) is 0 Å². The summed E-state index contributed by atoms with van der Waals surface area (Å²) in [5, 5.41) is 0. The zero-order valence-electron chi connectivity index (χ0n) is 9.31. The second-order valence-electron chi connectivity index (χ2n) is 3.85. The Hall–Kier alpha value is -1.41. The summed E-state index contributed by atoms with van der Waals surface area (Å²) in [6.07, 6.45) is 0. The van der Waals surface area contributed by atoms with Crippen LogP contribution in [0.5, 0.6) is 0 Å². The molecule has 0 aliphatic rings. The Morgan fingerprint density at radius 2 is 1.88 bits per heavy atom. The van der Waals surface area contributed by atoms with Gasteiger partial charge in [-0.1, -0.05) is 35.9 Å². The summed E-state index contributed by atoms with van der Waals surface area (Å²) in [6, 6.07) is 16.6. The van der Waals surface area contributed by atoms with Crippen molar-refractivity contribution in [1.29, 1.82) is 0 Å². The molecule has 2 rings (SSSR count). The van der Waals surface area contributed by atoms with Crippen LogP contribution >= 0.6 is 11.8 Å². The van der Waals surface area contributed by atoms with Gasteiger partial charge in [-0.05, 0) is 30.7 Å². The lowest BCUT2D eigenvalue weighted by Gasteiger charge is -2.03. The Kier molecular flexibility index (Phi) is 3.52. The van der Waals surface area contributed by atoms with Crippen molar-refractivity contribution in [2.24, 2.45) is 0 Å². The number of rotatable bonds is 3. The van der Waals surface area contributed by atoms with Crippen molar-refractivity contribution in [2.45, 2.75) is 17.6 Å². The number of nitrogen functional groups attached to an aromatic ring is 1. The highest BCUT2D eigenvalue weighted by atomic mass is 32.2. The summed E-state index contributed by atoms with van der Waals surface area (Å²) >= 11 is 1.82. The molecule has 0 aliphatic heterocycles. The number of anilines is 1. The SMILES string of the molecule is Cc1cccc(CSc2cccc(N)c2)c1. The third-order valence-electron chi connectivity index (χ3n) is 2.35. The monoisotopic (exact) mass is 229 g/mol. The highest BCUT2D eigenvalue weighted by Gasteiger charge is 1.97. The van der Waals surface area contributed by atoms with E-state index < -0.39 is 0 Å². The Labute approximate surface area is 101 Å². The average molecular weight is 229 g/mol. The minimum Gasteiger partial charge on any atom is -0.399 e. The summed E-state index contributed by atoms with van der Waals surface area (Å²) in [5.41, 5.74) is 9.23. The van der Waals surface area contributed by atoms with Gasteiger partial charge in [0.1, 0.15) is 0 Å². The third kappa shape index (κ3) is 3.04. The molecule has 2 aromatic carbocycles. The number of thioether (sulfide) groups is 1. The van der Waals surface area contributed by atoms with E-state index >= 15 is 0 Å². The smallest absolute Gasteiger partial charge is 0.0325 e. The molecular weight excluding hydrogens is 214 g/mol. The van der Waals surface area contributed by atoms with Gasteiger partial charge in [0.05, 0.1) is 0 Å². The van der Waals surface area contributed by atoms with E-state index in [9.17, 15) is 0 Å². The highest BCUT2D eigenvalue weighted by Crippen LogP contribution is 2.24. The Morgan fingerprint density at radius 1 is 1.06 bits per heavy atom. The van der Waals surface area contributed by atoms with Crippen molar-refractivity contribution in [3.8, 4) is 0 Å². The summed E-state index contributed by atoms with van der Waals surface area (Å²) in [4.78, 5) is 1.22. The standard InChI is InChI=1S/C14H15NS/c1-11-4-2-5-12(8-11)10-16-14-7-3-6-13(15)9-14/h2-9H,10,15H2,1H3. The molecule has 2 N–H and O–H groups in total. The quantitative estimate of drug-likeness (QED) is 0.638. The molecule has 2 heteroatoms. The van der Waals surface area contributed by atoms with Crippen LogP contribution in [0.3, 0.4) is 0 Å². The van der Waals surface area contributed by atoms with Crippen LogP contribution in [0.2, 0.25) is 0 Å². The topological polar surface area (TPSA) is 26.0 Å². The number of benzene rings is 2. The van der Waals surface area contributed by atoms with Crippen molar-refractivity contribution in [1.82, 2.24) is 0 Å². The van der Waals surface area contributed by atoms with Crippen LogP contribution in [-0.2, 0) is 5.75 Å². The molecule has 0 atom stereocenters. The van der Waals surface area contributed by atoms with E-state index in [2.05, 4.69) is 37.3 Å². The van der Waals surface area contributed by atoms with Crippen LogP contribution in [0.25, 0.3) is 0 Å². The van der Waals surface area contributed by atoms with Gasteiger partial charge >= 0.3 is 0 Å². The predicted octanol–water partition coefficient (Wildman–Crippen LogP) is 3.87. The van der Waals surface area contributed by atoms with Gasteiger partial charge in [-0.25, -0.2) is 0 Å². The van der Waals surface area contributed by atoms with Crippen LogP contribution in [0.1, 0.15) is 11.1 Å². The fourth-order valence-corrected chi connectivity index (χ4v) is 2.48. The molecule has 0 saturated carbocycles. The minimum absolute atomic E-state index is 0.828. The van der Waals surface area contributed by atoms with E-state index in [1.807, 2.05) is 30.0 Å². The van der Waals surface area contributed by atoms with E-state index in [4.69, 9.17) is 5.73 Å². The van der Waals surface area contributed by atoms with E-state index in [1.165, 1.54) is 16.0 Å². The van der Waals surface area contributed by atoms with Crippen LogP contribution < -0.4 is 5.73 Å². The number of hydrogen-bond acceptors (Lipinski definition) is 2. The lowest BCUT2D eigenvalue weighted by atomic mass is 10.2. The first-order valence-electron chi connectivity index (χ1n) is 5.28. The first-order valence-corrected chi connectivity index (χ1v) is 6.26. The maximum atomic E-state index is 5.74. The molecule has 0 radical (unpaired) electrons. The number of hydrogen-bond donors (Lipinski definition) is 1. The van der Waals surface area contributed by atoms with Crippen molar-refractivity contribution in [2.75, 3.05) is 5.73 Å². The molecular formula is C14H15NS. The Balaban J connectivity index is 2.02. The lowest BCUT2D eigenvalue weighted by molar-refractivity contribution is 1.34. The largest absolute Gasteiger partial charge is 0.399 e. The van der Waals surface area contributed by atoms with E-state index in [0.717, 1.165) is 11.4 Å². The maximum Gasteiger partial charge on any atom is 0.0325 e. The molecule has 0 aromatic heterocycles. The number of nitrogens with two attached hydrogens (primary N) is 1. The summed E-state index contributed by atoms with van der Waals surface area (Å²) in [7, 11) is 0. The van der Waals surface area contributed by atoms with Gasteiger partial charge in [-0.2, -0.15) is 0 Å². The van der Waals surface area contributed by atoms with Gasteiger partial charge in [0.25, 0.3) is 0 Å². The first kappa shape index (κ1) is 11.1. The fourth-order valence-electron chi connectivity index (χ4n) is 1.57. The van der Waals surface area contributed by atoms with E-state index in [0.29, 0.717) is 0 Å². The van der Waals surface area contributed by atoms with Gasteiger partial charge in [0, 0.05) is 16.3 Å². The van der Waals surface area contributed by atoms with Crippen molar-refractivity contribution in [3.63, 3.8) is 0 Å². The van der Waals surface area contributed by atoms with E-state index in [1.54, 1.807) is 0 Å². The van der Waals surface area contributed by atoms with Gasteiger partial charge < -0.3 is 5.73 Å². The molecule has 0 amide bonds. The molecule has 0 unspecified atom stereocenters. The third-order valence-corrected chi connectivity index (χ3v) is 3.41. The second-order valence-corrected chi connectivity index (χ2v) is 4.90. The molecule has 0 spiro atoms. The molecule has 0 heterocycles. The zero-order valence-corrected chi connectivity index (χ0v) is 10.1. The predicted molar refractivity (Wildman–Crippen MR) is 71.6 cm³/mol. The number of aryl methyl sites for hydroxylation is 1. The minimum atomic E-state index is 0.828. The zero-order chi connectivity index (χ0) is 11.4. The van der Waals surface area contributed by atoms with Crippen molar-refractivity contribution in [3.05, 3.63) is 59.7 Å². The van der Waals surface area contributed by atoms with Crippen molar-refractivity contribution >= 4 is 17.4 Å². The Bertz CT molecular complexity index is 434. The molecule has 0 bridgehead atoms. The highest BCUT2D eigenvalue weighted by molar-refractivity contribution is 7.98. The summed E-state index contributed by atoms with van der Waals surface area (Å²) < 4.78 is 0. The van der Waals surface area contributed by atoms with Crippen LogP contribution in [0, 0.1) is 6.92 Å². The fraction of sp³-hybridized carbons (Fsp3) is 0.143. The van der Waals surface area contributed by atoms with Gasteiger partial charge in [-0.15, -0.1) is 11.8 Å². The van der Waals surface area contributed by atoms with Crippen LogP contribution in [-0.4, -0.2) is 0 Å². The Morgan fingerprint density at radius 3 is 2.62 bits per heavy atom. The van der Waals surface area contributed by atoms with Crippen LogP contribution in [0.15, 0.2) is 53.4 Å². The summed E-state index contributed by atoms with van der Waals surface area (Å²) in [5.74, 6) is 0.991. The molecule has 16 heavy (non-hydrogen) atoms. The summed E-state index contributed by atoms with van der Waals surface area (Å²) in [6.45, 7) is 2.12. The average Bonchev–Trinajstić information content (AvgIpc) is 2.27. The van der Waals surface area contributed by atoms with Crippen molar-refractivity contribution < 1.29 is 0 Å².